The summed E-state index contributed by atoms with van der Waals surface area (Å²) in [6.07, 6.45) is 0.468. The fourth-order valence-electron chi connectivity index (χ4n) is 1.71. The van der Waals surface area contributed by atoms with E-state index < -0.39 is 11.9 Å². The van der Waals surface area contributed by atoms with Crippen molar-refractivity contribution in [3.8, 4) is 10.6 Å². The molecule has 0 saturated carbocycles. The van der Waals surface area contributed by atoms with Crippen molar-refractivity contribution in [3.63, 3.8) is 0 Å². The van der Waals surface area contributed by atoms with E-state index in [0.717, 1.165) is 0 Å². The lowest BCUT2D eigenvalue weighted by Crippen LogP contribution is -2.10. The predicted octanol–water partition coefficient (Wildman–Crippen LogP) is 3.53. The van der Waals surface area contributed by atoms with Crippen LogP contribution >= 0.6 is 11.3 Å². The number of thiazole rings is 1. The van der Waals surface area contributed by atoms with Gasteiger partial charge < -0.3 is 5.11 Å². The Hall–Kier alpha value is -1.75. The van der Waals surface area contributed by atoms with Crippen molar-refractivity contribution in [3.05, 3.63) is 41.2 Å². The van der Waals surface area contributed by atoms with E-state index >= 15 is 0 Å². The Balaban J connectivity index is 2.36. The third-order valence-corrected chi connectivity index (χ3v) is 3.58. The molecule has 1 N–H and O–H groups in total. The Morgan fingerprint density at radius 3 is 2.83 bits per heavy atom. The van der Waals surface area contributed by atoms with Gasteiger partial charge in [0.2, 0.25) is 0 Å². The summed E-state index contributed by atoms with van der Waals surface area (Å²) in [5, 5.41) is 11.3. The van der Waals surface area contributed by atoms with Gasteiger partial charge in [-0.3, -0.25) is 4.79 Å². The van der Waals surface area contributed by atoms with Crippen LogP contribution in [0.2, 0.25) is 0 Å². The third-order valence-electron chi connectivity index (χ3n) is 2.69. The van der Waals surface area contributed by atoms with Crippen LogP contribution in [0.3, 0.4) is 0 Å². The summed E-state index contributed by atoms with van der Waals surface area (Å²) in [7, 11) is 0. The minimum Gasteiger partial charge on any atom is -0.481 e. The number of carboxylic acids is 1. The first-order chi connectivity index (χ1) is 8.63. The maximum atomic E-state index is 13.6. The lowest BCUT2D eigenvalue weighted by molar-refractivity contribution is -0.138. The number of nitrogens with zero attached hydrogens (tertiary/aromatic N) is 1. The fraction of sp³-hybridized carbons (Fsp3) is 0.231. The minimum absolute atomic E-state index is 0.346. The zero-order valence-electron chi connectivity index (χ0n) is 9.76. The van der Waals surface area contributed by atoms with Crippen LogP contribution in [0.25, 0.3) is 10.6 Å². The SMILES string of the molecule is CCC(C(=O)O)c1csc(-c2ccccc2F)n1. The van der Waals surface area contributed by atoms with Gasteiger partial charge in [-0.15, -0.1) is 11.3 Å². The van der Waals surface area contributed by atoms with E-state index in [4.69, 9.17) is 5.11 Å². The molecule has 0 fully saturated rings. The molecule has 0 aliphatic heterocycles. The van der Waals surface area contributed by atoms with Crippen LogP contribution < -0.4 is 0 Å². The largest absolute Gasteiger partial charge is 0.481 e. The minimum atomic E-state index is -0.900. The molecular formula is C13H12FNO2S. The predicted molar refractivity (Wildman–Crippen MR) is 68.2 cm³/mol. The average Bonchev–Trinajstić information content (AvgIpc) is 2.79. The summed E-state index contributed by atoms with van der Waals surface area (Å²) in [5.74, 6) is -1.87. The standard InChI is InChI=1S/C13H12FNO2S/c1-2-8(13(16)17)11-7-18-12(15-11)9-5-3-4-6-10(9)14/h3-8H,2H2,1H3,(H,16,17). The van der Waals surface area contributed by atoms with Crippen LogP contribution in [-0.2, 0) is 4.79 Å². The van der Waals surface area contributed by atoms with Crippen molar-refractivity contribution in [1.29, 1.82) is 0 Å². The number of aliphatic carboxylic acids is 1. The second kappa shape index (κ2) is 5.27. The van der Waals surface area contributed by atoms with Gasteiger partial charge in [-0.25, -0.2) is 9.37 Å². The molecule has 0 aliphatic rings. The zero-order valence-corrected chi connectivity index (χ0v) is 10.6. The Bertz CT molecular complexity index is 568. The smallest absolute Gasteiger partial charge is 0.312 e. The molecule has 0 bridgehead atoms. The normalized spacial score (nSPS) is 12.3. The molecule has 0 aliphatic carbocycles. The van der Waals surface area contributed by atoms with E-state index in [-0.39, 0.29) is 5.82 Å². The second-order valence-corrected chi connectivity index (χ2v) is 4.71. The molecule has 18 heavy (non-hydrogen) atoms. The van der Waals surface area contributed by atoms with Crippen LogP contribution in [0.15, 0.2) is 29.6 Å². The van der Waals surface area contributed by atoms with Gasteiger partial charge in [-0.05, 0) is 18.6 Å². The summed E-state index contributed by atoms with van der Waals surface area (Å²) in [4.78, 5) is 15.3. The summed E-state index contributed by atoms with van der Waals surface area (Å²) in [6.45, 7) is 1.79. The Labute approximate surface area is 108 Å². The van der Waals surface area contributed by atoms with Crippen LogP contribution in [0.5, 0.6) is 0 Å². The Kier molecular flexibility index (Phi) is 3.72. The number of carbonyl (C=O) groups is 1. The fourth-order valence-corrected chi connectivity index (χ4v) is 2.61. The molecule has 2 aromatic rings. The molecule has 0 radical (unpaired) electrons. The molecule has 1 aromatic heterocycles. The number of carboxylic acid groups (broad SMARTS) is 1. The molecule has 3 nitrogen and oxygen atoms in total. The van der Waals surface area contributed by atoms with E-state index in [9.17, 15) is 9.18 Å². The maximum Gasteiger partial charge on any atom is 0.312 e. The van der Waals surface area contributed by atoms with Crippen molar-refractivity contribution in [1.82, 2.24) is 4.98 Å². The summed E-state index contributed by atoms with van der Waals surface area (Å²) >= 11 is 1.26. The van der Waals surface area contributed by atoms with Crippen molar-refractivity contribution >= 4 is 17.3 Å². The van der Waals surface area contributed by atoms with Gasteiger partial charge in [0, 0.05) is 10.9 Å². The number of halogens is 1. The molecule has 5 heteroatoms. The molecule has 1 aromatic carbocycles. The van der Waals surface area contributed by atoms with Crippen molar-refractivity contribution < 1.29 is 14.3 Å². The van der Waals surface area contributed by atoms with Gasteiger partial charge in [-0.2, -0.15) is 0 Å². The number of aromatic nitrogens is 1. The van der Waals surface area contributed by atoms with Crippen molar-refractivity contribution in [2.24, 2.45) is 0 Å². The maximum absolute atomic E-state index is 13.6. The first kappa shape index (κ1) is 12.7. The first-order valence-electron chi connectivity index (χ1n) is 5.56. The highest BCUT2D eigenvalue weighted by Crippen LogP contribution is 2.29. The first-order valence-corrected chi connectivity index (χ1v) is 6.44. The highest BCUT2D eigenvalue weighted by atomic mass is 32.1. The van der Waals surface area contributed by atoms with E-state index in [2.05, 4.69) is 4.98 Å². The molecular weight excluding hydrogens is 253 g/mol. The van der Waals surface area contributed by atoms with E-state index in [1.165, 1.54) is 17.4 Å². The third kappa shape index (κ3) is 2.41. The molecule has 1 heterocycles. The highest BCUT2D eigenvalue weighted by Gasteiger charge is 2.21. The monoisotopic (exact) mass is 265 g/mol. The van der Waals surface area contributed by atoms with E-state index in [1.807, 2.05) is 0 Å². The van der Waals surface area contributed by atoms with Gasteiger partial charge in [0.25, 0.3) is 0 Å². The number of hydrogen-bond donors (Lipinski definition) is 1. The van der Waals surface area contributed by atoms with E-state index in [1.54, 1.807) is 30.5 Å². The Morgan fingerprint density at radius 1 is 1.50 bits per heavy atom. The van der Waals surface area contributed by atoms with Crippen molar-refractivity contribution in [2.75, 3.05) is 0 Å². The molecule has 0 saturated heterocycles. The zero-order chi connectivity index (χ0) is 13.1. The molecule has 0 amide bonds. The van der Waals surface area contributed by atoms with Crippen LogP contribution in [0, 0.1) is 5.82 Å². The highest BCUT2D eigenvalue weighted by molar-refractivity contribution is 7.13. The molecule has 1 atom stereocenters. The van der Waals surface area contributed by atoms with Gasteiger partial charge in [-0.1, -0.05) is 19.1 Å². The van der Waals surface area contributed by atoms with Gasteiger partial charge in [0.05, 0.1) is 11.6 Å². The van der Waals surface area contributed by atoms with E-state index in [0.29, 0.717) is 22.7 Å². The summed E-state index contributed by atoms with van der Waals surface area (Å²) < 4.78 is 13.6. The molecule has 94 valence electrons. The quantitative estimate of drug-likeness (QED) is 0.920. The average molecular weight is 265 g/mol. The van der Waals surface area contributed by atoms with Crippen LogP contribution in [0.4, 0.5) is 4.39 Å². The summed E-state index contributed by atoms with van der Waals surface area (Å²) in [6, 6.07) is 6.35. The molecule has 2 rings (SSSR count). The summed E-state index contributed by atoms with van der Waals surface area (Å²) in [5.41, 5.74) is 0.905. The number of benzene rings is 1. The van der Waals surface area contributed by atoms with Gasteiger partial charge >= 0.3 is 5.97 Å². The van der Waals surface area contributed by atoms with Crippen LogP contribution in [-0.4, -0.2) is 16.1 Å². The number of rotatable bonds is 4. The van der Waals surface area contributed by atoms with Crippen LogP contribution in [0.1, 0.15) is 25.0 Å². The lowest BCUT2D eigenvalue weighted by Gasteiger charge is -2.05. The van der Waals surface area contributed by atoms with Gasteiger partial charge in [0.1, 0.15) is 10.8 Å². The Morgan fingerprint density at radius 2 is 2.22 bits per heavy atom. The van der Waals surface area contributed by atoms with Gasteiger partial charge in [0.15, 0.2) is 0 Å². The van der Waals surface area contributed by atoms with Crippen molar-refractivity contribution in [2.45, 2.75) is 19.3 Å². The topological polar surface area (TPSA) is 50.2 Å². The number of hydrogen-bond acceptors (Lipinski definition) is 3. The lowest BCUT2D eigenvalue weighted by atomic mass is 10.0. The molecule has 1 unspecified atom stereocenters. The molecule has 0 spiro atoms. The second-order valence-electron chi connectivity index (χ2n) is 3.86.